The molecule has 0 aliphatic heterocycles. The summed E-state index contributed by atoms with van der Waals surface area (Å²) in [6.07, 6.45) is 0. The van der Waals surface area contributed by atoms with Crippen LogP contribution in [-0.2, 0) is 14.3 Å². The van der Waals surface area contributed by atoms with Crippen molar-refractivity contribution in [2.24, 2.45) is 0 Å². The third-order valence-corrected chi connectivity index (χ3v) is 3.24. The van der Waals surface area contributed by atoms with E-state index in [1.54, 1.807) is 0 Å². The van der Waals surface area contributed by atoms with Crippen LogP contribution in [0.25, 0.3) is 0 Å². The van der Waals surface area contributed by atoms with E-state index in [2.05, 4.69) is 4.74 Å². The number of carbonyl (C=O) groups is 2. The molecule has 0 N–H and O–H groups in total. The summed E-state index contributed by atoms with van der Waals surface area (Å²) < 4.78 is 6.90. The van der Waals surface area contributed by atoms with Gasteiger partial charge in [0.2, 0.25) is 0 Å². The first-order valence-corrected chi connectivity index (χ1v) is 6.97. The molecule has 0 aliphatic carbocycles. The lowest BCUT2D eigenvalue weighted by molar-refractivity contribution is -0.160. The SMILES string of the molecule is O=C(COc1cc(Cl)c(Cl)cc1Cl)OC(=O)C(Cl)(Cl)Cl. The van der Waals surface area contributed by atoms with E-state index in [4.69, 9.17) is 74.3 Å². The maximum Gasteiger partial charge on any atom is 0.366 e. The number of hydrogen-bond acceptors (Lipinski definition) is 4. The van der Waals surface area contributed by atoms with Gasteiger partial charge in [0.05, 0.1) is 15.1 Å². The van der Waals surface area contributed by atoms with Crippen molar-refractivity contribution in [1.82, 2.24) is 0 Å². The fourth-order valence-corrected chi connectivity index (χ4v) is 1.65. The molecule has 1 rings (SSSR count). The molecule has 10 heteroatoms. The Hall–Kier alpha value is -0.100. The number of alkyl halides is 3. The van der Waals surface area contributed by atoms with Crippen LogP contribution in [0.4, 0.5) is 0 Å². The van der Waals surface area contributed by atoms with E-state index in [1.807, 2.05) is 0 Å². The molecule has 0 aliphatic rings. The first kappa shape index (κ1) is 18.0. The fraction of sp³-hybridized carbons (Fsp3) is 0.200. The van der Waals surface area contributed by atoms with Gasteiger partial charge in [-0.2, -0.15) is 0 Å². The Bertz CT molecular complexity index is 539. The van der Waals surface area contributed by atoms with Crippen LogP contribution in [0.2, 0.25) is 15.1 Å². The molecule has 0 saturated heterocycles. The normalized spacial score (nSPS) is 11.1. The van der Waals surface area contributed by atoms with Crippen LogP contribution >= 0.6 is 69.6 Å². The van der Waals surface area contributed by atoms with Gasteiger partial charge < -0.3 is 9.47 Å². The van der Waals surface area contributed by atoms with Gasteiger partial charge in [-0.1, -0.05) is 69.6 Å². The number of carbonyl (C=O) groups excluding carboxylic acids is 2. The van der Waals surface area contributed by atoms with Crippen LogP contribution in [0.15, 0.2) is 12.1 Å². The second kappa shape index (κ2) is 7.25. The van der Waals surface area contributed by atoms with Gasteiger partial charge in [0.15, 0.2) is 6.61 Å². The Morgan fingerprint density at radius 2 is 1.55 bits per heavy atom. The minimum atomic E-state index is -2.35. The number of rotatable bonds is 3. The van der Waals surface area contributed by atoms with E-state index in [0.29, 0.717) is 0 Å². The fourth-order valence-electron chi connectivity index (χ4n) is 0.942. The van der Waals surface area contributed by atoms with E-state index in [-0.39, 0.29) is 20.8 Å². The van der Waals surface area contributed by atoms with E-state index < -0.39 is 22.3 Å². The summed E-state index contributed by atoms with van der Waals surface area (Å²) in [5.41, 5.74) is 0. The highest BCUT2D eigenvalue weighted by Crippen LogP contribution is 2.34. The van der Waals surface area contributed by atoms with Gasteiger partial charge in [-0.25, -0.2) is 9.59 Å². The zero-order chi connectivity index (χ0) is 15.5. The molecule has 4 nitrogen and oxygen atoms in total. The molecule has 1 aromatic rings. The largest absolute Gasteiger partial charge is 0.480 e. The van der Waals surface area contributed by atoms with Crippen molar-refractivity contribution in [3.63, 3.8) is 0 Å². The Balaban J connectivity index is 2.62. The zero-order valence-electron chi connectivity index (χ0n) is 9.26. The van der Waals surface area contributed by atoms with Crippen molar-refractivity contribution >= 4 is 81.5 Å². The molecule has 0 bridgehead atoms. The summed E-state index contributed by atoms with van der Waals surface area (Å²) in [7, 11) is 0. The topological polar surface area (TPSA) is 52.6 Å². The van der Waals surface area contributed by atoms with E-state index in [1.165, 1.54) is 12.1 Å². The lowest BCUT2D eigenvalue weighted by Gasteiger charge is -2.11. The van der Waals surface area contributed by atoms with Crippen molar-refractivity contribution in [3.05, 3.63) is 27.2 Å². The van der Waals surface area contributed by atoms with Gasteiger partial charge in [-0.3, -0.25) is 0 Å². The second-order valence-electron chi connectivity index (χ2n) is 3.24. The molecule has 0 saturated carbocycles. The highest BCUT2D eigenvalue weighted by Gasteiger charge is 2.34. The van der Waals surface area contributed by atoms with Crippen LogP contribution in [-0.4, -0.2) is 22.3 Å². The molecule has 0 spiro atoms. The van der Waals surface area contributed by atoms with Gasteiger partial charge in [-0.05, 0) is 6.07 Å². The summed E-state index contributed by atoms with van der Waals surface area (Å²) in [6, 6.07) is 2.63. The van der Waals surface area contributed by atoms with Crippen molar-refractivity contribution in [3.8, 4) is 5.75 Å². The molecular weight excluding hydrogens is 397 g/mol. The molecule has 0 heterocycles. The minimum Gasteiger partial charge on any atom is -0.480 e. The smallest absolute Gasteiger partial charge is 0.366 e. The lowest BCUT2D eigenvalue weighted by Crippen LogP contribution is -2.27. The first-order chi connectivity index (χ1) is 9.11. The summed E-state index contributed by atoms with van der Waals surface area (Å²) >= 11 is 32.9. The maximum atomic E-state index is 11.3. The van der Waals surface area contributed by atoms with Crippen molar-refractivity contribution in [2.75, 3.05) is 6.61 Å². The summed E-state index contributed by atoms with van der Waals surface area (Å²) in [5.74, 6) is -2.32. The number of ether oxygens (including phenoxy) is 2. The van der Waals surface area contributed by atoms with E-state index in [0.717, 1.165) is 0 Å². The number of benzene rings is 1. The average molecular weight is 401 g/mol. The molecule has 0 atom stereocenters. The highest BCUT2D eigenvalue weighted by atomic mass is 35.6. The highest BCUT2D eigenvalue weighted by molar-refractivity contribution is 6.75. The Kier molecular flexibility index (Phi) is 6.51. The van der Waals surface area contributed by atoms with Gasteiger partial charge in [0.1, 0.15) is 5.75 Å². The molecule has 110 valence electrons. The molecule has 0 fully saturated rings. The summed E-state index contributed by atoms with van der Waals surface area (Å²) in [6.45, 7) is -0.635. The number of halogens is 6. The third-order valence-electron chi connectivity index (χ3n) is 1.76. The van der Waals surface area contributed by atoms with Crippen LogP contribution in [0.5, 0.6) is 5.75 Å². The van der Waals surface area contributed by atoms with Gasteiger partial charge in [0.25, 0.3) is 3.79 Å². The lowest BCUT2D eigenvalue weighted by atomic mass is 10.3. The van der Waals surface area contributed by atoms with Gasteiger partial charge in [-0.15, -0.1) is 0 Å². The first-order valence-electron chi connectivity index (χ1n) is 4.70. The van der Waals surface area contributed by atoms with Crippen LogP contribution in [0.3, 0.4) is 0 Å². The molecule has 0 aromatic heterocycles. The second-order valence-corrected chi connectivity index (χ2v) is 6.75. The Labute approximate surface area is 143 Å². The van der Waals surface area contributed by atoms with Gasteiger partial charge >= 0.3 is 11.9 Å². The van der Waals surface area contributed by atoms with Crippen LogP contribution in [0, 0.1) is 0 Å². The van der Waals surface area contributed by atoms with Crippen molar-refractivity contribution < 1.29 is 19.1 Å². The predicted molar refractivity (Wildman–Crippen MR) is 78.4 cm³/mol. The predicted octanol–water partition coefficient (Wildman–Crippen LogP) is 4.47. The Morgan fingerprint density at radius 3 is 2.10 bits per heavy atom. The molecule has 0 unspecified atom stereocenters. The molecule has 0 amide bonds. The maximum absolute atomic E-state index is 11.3. The summed E-state index contributed by atoms with van der Waals surface area (Å²) in [4.78, 5) is 22.4. The third kappa shape index (κ3) is 5.35. The average Bonchev–Trinajstić information content (AvgIpc) is 2.31. The Morgan fingerprint density at radius 1 is 1.00 bits per heavy atom. The summed E-state index contributed by atoms with van der Waals surface area (Å²) in [5, 5.41) is 0.523. The quantitative estimate of drug-likeness (QED) is 0.325. The van der Waals surface area contributed by atoms with Crippen LogP contribution < -0.4 is 4.74 Å². The monoisotopic (exact) mass is 398 g/mol. The molecule has 20 heavy (non-hydrogen) atoms. The van der Waals surface area contributed by atoms with Crippen molar-refractivity contribution in [2.45, 2.75) is 3.79 Å². The zero-order valence-corrected chi connectivity index (χ0v) is 13.8. The minimum absolute atomic E-state index is 0.0827. The van der Waals surface area contributed by atoms with Gasteiger partial charge in [0, 0.05) is 6.07 Å². The molecule has 1 aromatic carbocycles. The van der Waals surface area contributed by atoms with E-state index in [9.17, 15) is 9.59 Å². The molecular formula is C10H4Cl6O4. The standard InChI is InChI=1S/C10H4Cl6O4/c11-4-1-6(13)7(2-5(4)12)19-3-8(17)20-9(18)10(14,15)16/h1-2H,3H2. The van der Waals surface area contributed by atoms with Crippen molar-refractivity contribution in [1.29, 1.82) is 0 Å². The van der Waals surface area contributed by atoms with E-state index >= 15 is 0 Å². The number of hydrogen-bond donors (Lipinski definition) is 0. The van der Waals surface area contributed by atoms with Crippen LogP contribution in [0.1, 0.15) is 0 Å². The molecule has 0 radical (unpaired) electrons. The number of esters is 2.